The summed E-state index contributed by atoms with van der Waals surface area (Å²) in [5.41, 5.74) is -0.385. The van der Waals surface area contributed by atoms with Gasteiger partial charge in [-0.3, -0.25) is 9.69 Å². The number of nitrogens with two attached hydrogens (primary N) is 1. The standard InChI is InChI=1S/C27H28F3N3O6S/c1-37-24-17-19(7-9-25(24)40(31,35)36)32-26(34)18-6-8-21(20-4-2-3-5-22(20)27(28,29)30)23(16-18)39-15-12-33-10-13-38-14-11-33/h2-9,16-17H,10-15H2,1H3,(H,32,34)(H2,31,35,36). The number of primary sulfonamides is 1. The Morgan fingerprint density at radius 2 is 1.75 bits per heavy atom. The van der Waals surface area contributed by atoms with Crippen LogP contribution in [0.5, 0.6) is 11.5 Å². The molecule has 3 aromatic carbocycles. The quantitative estimate of drug-likeness (QED) is 0.393. The van der Waals surface area contributed by atoms with E-state index < -0.39 is 27.7 Å². The van der Waals surface area contributed by atoms with Crippen molar-refractivity contribution in [1.29, 1.82) is 0 Å². The van der Waals surface area contributed by atoms with Crippen molar-refractivity contribution < 1.29 is 40.6 Å². The maximum Gasteiger partial charge on any atom is 0.417 e. The van der Waals surface area contributed by atoms with Crippen LogP contribution in [0.4, 0.5) is 18.9 Å². The second kappa shape index (κ2) is 12.3. The predicted molar refractivity (Wildman–Crippen MR) is 142 cm³/mol. The Balaban J connectivity index is 1.64. The summed E-state index contributed by atoms with van der Waals surface area (Å²) in [6.45, 7) is 3.30. The molecular formula is C27H28F3N3O6S. The van der Waals surface area contributed by atoms with E-state index in [2.05, 4.69) is 10.2 Å². The van der Waals surface area contributed by atoms with Crippen LogP contribution in [-0.2, 0) is 20.9 Å². The van der Waals surface area contributed by atoms with Crippen molar-refractivity contribution in [2.24, 2.45) is 5.14 Å². The Morgan fingerprint density at radius 3 is 2.42 bits per heavy atom. The summed E-state index contributed by atoms with van der Waals surface area (Å²) < 4.78 is 81.3. The van der Waals surface area contributed by atoms with Crippen LogP contribution in [0.2, 0.25) is 0 Å². The lowest BCUT2D eigenvalue weighted by molar-refractivity contribution is -0.137. The number of amides is 1. The molecule has 0 radical (unpaired) electrons. The molecule has 1 heterocycles. The maximum atomic E-state index is 13.8. The van der Waals surface area contributed by atoms with Crippen LogP contribution in [0, 0.1) is 0 Å². The zero-order valence-corrected chi connectivity index (χ0v) is 22.3. The van der Waals surface area contributed by atoms with E-state index in [1.54, 1.807) is 0 Å². The molecule has 0 bridgehead atoms. The molecule has 0 aromatic heterocycles. The van der Waals surface area contributed by atoms with E-state index >= 15 is 0 Å². The minimum atomic E-state index is -4.60. The van der Waals surface area contributed by atoms with Crippen LogP contribution < -0.4 is 19.9 Å². The fraction of sp³-hybridized carbons (Fsp3) is 0.296. The first kappa shape index (κ1) is 29.3. The highest BCUT2D eigenvalue weighted by Crippen LogP contribution is 2.40. The molecule has 0 spiro atoms. The van der Waals surface area contributed by atoms with Gasteiger partial charge in [0, 0.05) is 42.5 Å². The summed E-state index contributed by atoms with van der Waals surface area (Å²) in [6.07, 6.45) is -4.60. The molecule has 1 aliphatic heterocycles. The van der Waals surface area contributed by atoms with Gasteiger partial charge in [0.15, 0.2) is 0 Å². The van der Waals surface area contributed by atoms with Crippen molar-refractivity contribution in [3.8, 4) is 22.6 Å². The molecule has 0 saturated carbocycles. The molecule has 3 aromatic rings. The Kier molecular flexibility index (Phi) is 8.98. The molecule has 0 atom stereocenters. The first-order valence-corrected chi connectivity index (χ1v) is 13.8. The molecule has 1 fully saturated rings. The largest absolute Gasteiger partial charge is 0.495 e. The van der Waals surface area contributed by atoms with Crippen LogP contribution in [0.15, 0.2) is 65.6 Å². The number of hydrogen-bond donors (Lipinski definition) is 2. The summed E-state index contributed by atoms with van der Waals surface area (Å²) >= 11 is 0. The van der Waals surface area contributed by atoms with Crippen molar-refractivity contribution in [2.45, 2.75) is 11.1 Å². The number of methoxy groups -OCH3 is 1. The van der Waals surface area contributed by atoms with Crippen LogP contribution in [0.25, 0.3) is 11.1 Å². The zero-order valence-electron chi connectivity index (χ0n) is 21.5. The van der Waals surface area contributed by atoms with E-state index in [9.17, 15) is 26.4 Å². The Labute approximate surface area is 229 Å². The Hall–Kier alpha value is -3.65. The lowest BCUT2D eigenvalue weighted by Gasteiger charge is -2.26. The van der Waals surface area contributed by atoms with Gasteiger partial charge in [0.2, 0.25) is 10.0 Å². The van der Waals surface area contributed by atoms with Gasteiger partial charge in [-0.25, -0.2) is 13.6 Å². The third kappa shape index (κ3) is 7.10. The number of anilines is 1. The molecule has 4 rings (SSSR count). The molecule has 214 valence electrons. The molecular weight excluding hydrogens is 551 g/mol. The van der Waals surface area contributed by atoms with E-state index in [1.165, 1.54) is 61.7 Å². The number of carbonyl (C=O) groups is 1. The number of alkyl halides is 3. The summed E-state index contributed by atoms with van der Waals surface area (Å²) in [6, 6.07) is 13.2. The Bertz CT molecular complexity index is 1470. The third-order valence-corrected chi connectivity index (χ3v) is 7.21. The zero-order chi connectivity index (χ0) is 28.9. The molecule has 0 unspecified atom stereocenters. The number of carbonyl (C=O) groups excluding carboxylic acids is 1. The van der Waals surface area contributed by atoms with Gasteiger partial charge in [-0.15, -0.1) is 0 Å². The smallest absolute Gasteiger partial charge is 0.417 e. The number of benzene rings is 3. The topological polar surface area (TPSA) is 120 Å². The van der Waals surface area contributed by atoms with Crippen molar-refractivity contribution in [2.75, 3.05) is 51.9 Å². The number of morpholine rings is 1. The lowest BCUT2D eigenvalue weighted by Crippen LogP contribution is -2.38. The lowest BCUT2D eigenvalue weighted by atomic mass is 9.97. The molecule has 1 amide bonds. The van der Waals surface area contributed by atoms with Crippen LogP contribution >= 0.6 is 0 Å². The molecule has 9 nitrogen and oxygen atoms in total. The maximum absolute atomic E-state index is 13.8. The summed E-state index contributed by atoms with van der Waals surface area (Å²) in [5, 5.41) is 7.82. The normalized spacial score (nSPS) is 14.5. The second-order valence-corrected chi connectivity index (χ2v) is 10.5. The van der Waals surface area contributed by atoms with Crippen molar-refractivity contribution in [3.63, 3.8) is 0 Å². The fourth-order valence-electron chi connectivity index (χ4n) is 4.26. The van der Waals surface area contributed by atoms with E-state index in [1.807, 2.05) is 0 Å². The monoisotopic (exact) mass is 579 g/mol. The first-order chi connectivity index (χ1) is 19.0. The summed E-state index contributed by atoms with van der Waals surface area (Å²) in [5.74, 6) is -0.551. The van der Waals surface area contributed by atoms with E-state index in [-0.39, 0.29) is 45.4 Å². The van der Waals surface area contributed by atoms with E-state index in [0.29, 0.717) is 32.8 Å². The highest BCUT2D eigenvalue weighted by atomic mass is 32.2. The highest BCUT2D eigenvalue weighted by Gasteiger charge is 2.34. The van der Waals surface area contributed by atoms with Crippen molar-refractivity contribution in [1.82, 2.24) is 4.90 Å². The molecule has 13 heteroatoms. The molecule has 1 saturated heterocycles. The molecule has 1 aliphatic rings. The Morgan fingerprint density at radius 1 is 1.02 bits per heavy atom. The highest BCUT2D eigenvalue weighted by molar-refractivity contribution is 7.89. The number of nitrogens with one attached hydrogen (secondary N) is 1. The number of hydrogen-bond acceptors (Lipinski definition) is 7. The minimum absolute atomic E-state index is 0.0634. The minimum Gasteiger partial charge on any atom is -0.495 e. The number of rotatable bonds is 9. The average Bonchev–Trinajstić information content (AvgIpc) is 2.92. The van der Waals surface area contributed by atoms with E-state index in [4.69, 9.17) is 19.3 Å². The van der Waals surface area contributed by atoms with Gasteiger partial charge in [-0.2, -0.15) is 13.2 Å². The van der Waals surface area contributed by atoms with Gasteiger partial charge in [-0.1, -0.05) is 18.2 Å². The van der Waals surface area contributed by atoms with Crippen LogP contribution in [-0.4, -0.2) is 65.8 Å². The van der Waals surface area contributed by atoms with Gasteiger partial charge >= 0.3 is 6.18 Å². The van der Waals surface area contributed by atoms with Crippen LogP contribution in [0.1, 0.15) is 15.9 Å². The van der Waals surface area contributed by atoms with E-state index in [0.717, 1.165) is 6.07 Å². The molecule has 0 aliphatic carbocycles. The van der Waals surface area contributed by atoms with Gasteiger partial charge < -0.3 is 19.5 Å². The summed E-state index contributed by atoms with van der Waals surface area (Å²) in [7, 11) is -2.80. The van der Waals surface area contributed by atoms with Gasteiger partial charge in [0.05, 0.1) is 25.9 Å². The van der Waals surface area contributed by atoms with Crippen molar-refractivity contribution in [3.05, 3.63) is 71.8 Å². The fourth-order valence-corrected chi connectivity index (χ4v) is 4.94. The third-order valence-electron chi connectivity index (χ3n) is 6.26. The SMILES string of the molecule is COc1cc(NC(=O)c2ccc(-c3ccccc3C(F)(F)F)c(OCCN3CCOCC3)c2)ccc1S(N)(=O)=O. The number of halogens is 3. The van der Waals surface area contributed by atoms with Gasteiger partial charge in [0.1, 0.15) is 23.0 Å². The summed E-state index contributed by atoms with van der Waals surface area (Å²) in [4.78, 5) is 15.0. The van der Waals surface area contributed by atoms with Crippen LogP contribution in [0.3, 0.4) is 0 Å². The van der Waals surface area contributed by atoms with Gasteiger partial charge in [0.25, 0.3) is 5.91 Å². The number of sulfonamides is 1. The number of nitrogens with zero attached hydrogens (tertiary/aromatic N) is 1. The molecule has 3 N–H and O–H groups in total. The van der Waals surface area contributed by atoms with Gasteiger partial charge in [-0.05, 0) is 42.0 Å². The second-order valence-electron chi connectivity index (χ2n) is 8.92. The predicted octanol–water partition coefficient (Wildman–Crippen LogP) is 3.99. The molecule has 40 heavy (non-hydrogen) atoms. The van der Waals surface area contributed by atoms with Crippen molar-refractivity contribution >= 4 is 21.6 Å². The average molecular weight is 580 g/mol. The number of ether oxygens (including phenoxy) is 3. The first-order valence-electron chi connectivity index (χ1n) is 12.2.